The summed E-state index contributed by atoms with van der Waals surface area (Å²) in [5.41, 5.74) is 5.69. The normalized spacial score (nSPS) is 11.9. The second-order valence-corrected chi connectivity index (χ2v) is 5.59. The molecule has 3 N–H and O–H groups in total. The van der Waals surface area contributed by atoms with Crippen LogP contribution in [0.25, 0.3) is 10.8 Å². The molecule has 126 valence electrons. The van der Waals surface area contributed by atoms with E-state index in [-0.39, 0.29) is 5.56 Å². The summed E-state index contributed by atoms with van der Waals surface area (Å²) >= 11 is 0. The molecule has 0 saturated carbocycles. The van der Waals surface area contributed by atoms with E-state index in [1.54, 1.807) is 43.5 Å². The van der Waals surface area contributed by atoms with Crippen LogP contribution in [0, 0.1) is 0 Å². The van der Waals surface area contributed by atoms with Crippen molar-refractivity contribution in [2.24, 2.45) is 5.73 Å². The number of primary amides is 1. The van der Waals surface area contributed by atoms with Crippen LogP contribution in [-0.2, 0) is 4.79 Å². The zero-order chi connectivity index (χ0) is 18.0. The van der Waals surface area contributed by atoms with Crippen molar-refractivity contribution in [1.29, 1.82) is 0 Å². The molecule has 0 bridgehead atoms. The Morgan fingerprint density at radius 2 is 1.80 bits per heavy atom. The van der Waals surface area contributed by atoms with Gasteiger partial charge in [0.1, 0.15) is 6.04 Å². The molecule has 7 heteroatoms. The van der Waals surface area contributed by atoms with Gasteiger partial charge in [-0.2, -0.15) is 5.10 Å². The molecule has 2 amide bonds. The SMILES string of the molecule is C[C@@H](C(=O)Nc1ccc(C(N)=O)cc1)n1ncc2ccccc2c1=O. The fourth-order valence-corrected chi connectivity index (χ4v) is 2.46. The Balaban J connectivity index is 1.84. The lowest BCUT2D eigenvalue weighted by Crippen LogP contribution is -2.33. The van der Waals surface area contributed by atoms with Crippen LogP contribution in [0.2, 0.25) is 0 Å². The lowest BCUT2D eigenvalue weighted by molar-refractivity contribution is -0.119. The van der Waals surface area contributed by atoms with Crippen molar-refractivity contribution in [3.8, 4) is 0 Å². The second-order valence-electron chi connectivity index (χ2n) is 5.59. The first-order valence-electron chi connectivity index (χ1n) is 7.64. The van der Waals surface area contributed by atoms with Gasteiger partial charge in [-0.25, -0.2) is 4.68 Å². The average molecular weight is 336 g/mol. The van der Waals surface area contributed by atoms with Crippen LogP contribution in [0.4, 0.5) is 5.69 Å². The van der Waals surface area contributed by atoms with E-state index in [0.29, 0.717) is 16.6 Å². The van der Waals surface area contributed by atoms with E-state index in [1.165, 1.54) is 12.1 Å². The number of nitrogens with two attached hydrogens (primary N) is 1. The zero-order valence-corrected chi connectivity index (χ0v) is 13.5. The van der Waals surface area contributed by atoms with Gasteiger partial charge in [-0.1, -0.05) is 18.2 Å². The molecule has 1 heterocycles. The van der Waals surface area contributed by atoms with E-state index in [1.807, 2.05) is 6.07 Å². The number of nitrogens with zero attached hydrogens (tertiary/aromatic N) is 2. The Bertz CT molecular complexity index is 1010. The predicted molar refractivity (Wildman–Crippen MR) is 94.3 cm³/mol. The summed E-state index contributed by atoms with van der Waals surface area (Å²) in [4.78, 5) is 36.0. The third kappa shape index (κ3) is 3.25. The molecule has 0 fully saturated rings. The molecular formula is C18H16N4O3. The molecule has 0 aliphatic rings. The van der Waals surface area contributed by atoms with Crippen LogP contribution >= 0.6 is 0 Å². The molecule has 3 aromatic rings. The standard InChI is InChI=1S/C18H16N4O3/c1-11(17(24)21-14-8-6-12(7-9-14)16(19)23)22-18(25)15-5-3-2-4-13(15)10-20-22/h2-11H,1H3,(H2,19,23)(H,21,24)/t11-/m0/s1. The number of hydrogen-bond donors (Lipinski definition) is 2. The van der Waals surface area contributed by atoms with Crippen LogP contribution < -0.4 is 16.6 Å². The molecule has 25 heavy (non-hydrogen) atoms. The van der Waals surface area contributed by atoms with Crippen LogP contribution in [-0.4, -0.2) is 21.6 Å². The minimum atomic E-state index is -0.798. The third-order valence-corrected chi connectivity index (χ3v) is 3.90. The van der Waals surface area contributed by atoms with Crippen molar-refractivity contribution < 1.29 is 9.59 Å². The number of benzene rings is 2. The molecule has 1 aromatic heterocycles. The highest BCUT2D eigenvalue weighted by molar-refractivity contribution is 5.96. The average Bonchev–Trinajstić information content (AvgIpc) is 2.62. The van der Waals surface area contributed by atoms with E-state index < -0.39 is 17.9 Å². The number of hydrogen-bond acceptors (Lipinski definition) is 4. The maximum absolute atomic E-state index is 12.5. The topological polar surface area (TPSA) is 107 Å². The van der Waals surface area contributed by atoms with Gasteiger partial charge in [0.25, 0.3) is 5.56 Å². The zero-order valence-electron chi connectivity index (χ0n) is 13.5. The van der Waals surface area contributed by atoms with Crippen LogP contribution in [0.1, 0.15) is 23.3 Å². The fourth-order valence-electron chi connectivity index (χ4n) is 2.46. The highest BCUT2D eigenvalue weighted by Gasteiger charge is 2.18. The van der Waals surface area contributed by atoms with E-state index >= 15 is 0 Å². The van der Waals surface area contributed by atoms with Crippen molar-refractivity contribution in [3.05, 3.63) is 70.6 Å². The van der Waals surface area contributed by atoms with Gasteiger partial charge in [-0.05, 0) is 37.3 Å². The number of amides is 2. The Morgan fingerprint density at radius 1 is 1.12 bits per heavy atom. The summed E-state index contributed by atoms with van der Waals surface area (Å²) in [6.07, 6.45) is 1.56. The summed E-state index contributed by atoms with van der Waals surface area (Å²) in [6.45, 7) is 1.59. The Hall–Kier alpha value is -3.48. The van der Waals surface area contributed by atoms with Crippen molar-refractivity contribution in [2.75, 3.05) is 5.32 Å². The third-order valence-electron chi connectivity index (χ3n) is 3.90. The lowest BCUT2D eigenvalue weighted by atomic mass is 10.2. The molecular weight excluding hydrogens is 320 g/mol. The fraction of sp³-hybridized carbons (Fsp3) is 0.111. The highest BCUT2D eigenvalue weighted by atomic mass is 16.2. The van der Waals surface area contributed by atoms with Gasteiger partial charge in [0.15, 0.2) is 0 Å². The number of carbonyl (C=O) groups is 2. The number of rotatable bonds is 4. The smallest absolute Gasteiger partial charge is 0.275 e. The molecule has 2 aromatic carbocycles. The first-order valence-corrected chi connectivity index (χ1v) is 7.64. The maximum atomic E-state index is 12.5. The van der Waals surface area contributed by atoms with Gasteiger partial charge >= 0.3 is 0 Å². The minimum Gasteiger partial charge on any atom is -0.366 e. The molecule has 0 unspecified atom stereocenters. The second kappa shape index (κ2) is 6.56. The van der Waals surface area contributed by atoms with E-state index in [4.69, 9.17) is 5.73 Å². The number of aromatic nitrogens is 2. The molecule has 0 saturated heterocycles. The molecule has 3 rings (SSSR count). The van der Waals surface area contributed by atoms with Gasteiger partial charge in [0, 0.05) is 16.6 Å². The molecule has 0 spiro atoms. The van der Waals surface area contributed by atoms with E-state index in [2.05, 4.69) is 10.4 Å². The summed E-state index contributed by atoms with van der Waals surface area (Å²) < 4.78 is 1.15. The van der Waals surface area contributed by atoms with E-state index in [0.717, 1.165) is 10.1 Å². The monoisotopic (exact) mass is 336 g/mol. The Labute approximate surface area is 143 Å². The number of nitrogens with one attached hydrogen (secondary N) is 1. The number of carbonyl (C=O) groups excluding carboxylic acids is 2. The van der Waals surface area contributed by atoms with E-state index in [9.17, 15) is 14.4 Å². The van der Waals surface area contributed by atoms with Crippen molar-refractivity contribution in [2.45, 2.75) is 13.0 Å². The molecule has 7 nitrogen and oxygen atoms in total. The van der Waals surface area contributed by atoms with Crippen molar-refractivity contribution in [3.63, 3.8) is 0 Å². The van der Waals surface area contributed by atoms with Gasteiger partial charge in [0.2, 0.25) is 11.8 Å². The Kier molecular flexibility index (Phi) is 4.30. The maximum Gasteiger partial charge on any atom is 0.275 e. The molecule has 1 atom stereocenters. The highest BCUT2D eigenvalue weighted by Crippen LogP contribution is 2.13. The first kappa shape index (κ1) is 16.4. The summed E-state index contributed by atoms with van der Waals surface area (Å²) in [6, 6.07) is 12.4. The van der Waals surface area contributed by atoms with Crippen molar-refractivity contribution >= 4 is 28.3 Å². The molecule has 0 aliphatic carbocycles. The van der Waals surface area contributed by atoms with Crippen LogP contribution in [0.5, 0.6) is 0 Å². The quantitative estimate of drug-likeness (QED) is 0.756. The van der Waals surface area contributed by atoms with Gasteiger partial charge in [-0.3, -0.25) is 14.4 Å². The minimum absolute atomic E-state index is 0.329. The summed E-state index contributed by atoms with van der Waals surface area (Å²) in [7, 11) is 0. The summed E-state index contributed by atoms with van der Waals surface area (Å²) in [5, 5.41) is 8.00. The van der Waals surface area contributed by atoms with Crippen molar-refractivity contribution in [1.82, 2.24) is 9.78 Å². The molecule has 0 aliphatic heterocycles. The lowest BCUT2D eigenvalue weighted by Gasteiger charge is -2.14. The molecule has 0 radical (unpaired) electrons. The first-order chi connectivity index (χ1) is 12.0. The number of fused-ring (bicyclic) bond motifs is 1. The predicted octanol–water partition coefficient (Wildman–Crippen LogP) is 1.70. The van der Waals surface area contributed by atoms with Crippen LogP contribution in [0.3, 0.4) is 0 Å². The number of anilines is 1. The van der Waals surface area contributed by atoms with Gasteiger partial charge in [-0.15, -0.1) is 0 Å². The Morgan fingerprint density at radius 3 is 2.48 bits per heavy atom. The largest absolute Gasteiger partial charge is 0.366 e. The van der Waals surface area contributed by atoms with Crippen LogP contribution in [0.15, 0.2) is 59.5 Å². The van der Waals surface area contributed by atoms with Gasteiger partial charge < -0.3 is 11.1 Å². The summed E-state index contributed by atoms with van der Waals surface area (Å²) in [5.74, 6) is -0.935. The van der Waals surface area contributed by atoms with Gasteiger partial charge in [0.05, 0.1) is 11.6 Å².